The molecule has 2 atom stereocenters. The molecule has 0 aliphatic carbocycles. The monoisotopic (exact) mass is 336 g/mol. The van der Waals surface area contributed by atoms with Gasteiger partial charge >= 0.3 is 0 Å². The summed E-state index contributed by atoms with van der Waals surface area (Å²) < 4.78 is 13.3. The summed E-state index contributed by atoms with van der Waals surface area (Å²) in [6.45, 7) is 3.83. The zero-order valence-corrected chi connectivity index (χ0v) is 14.4. The first-order chi connectivity index (χ1) is 12.1. The van der Waals surface area contributed by atoms with Crippen LogP contribution >= 0.6 is 0 Å². The summed E-state index contributed by atoms with van der Waals surface area (Å²) >= 11 is 0. The van der Waals surface area contributed by atoms with Crippen molar-refractivity contribution in [3.05, 3.63) is 52.8 Å². The van der Waals surface area contributed by atoms with E-state index < -0.39 is 0 Å². The molecule has 2 heterocycles. The summed E-state index contributed by atoms with van der Waals surface area (Å²) in [5.41, 5.74) is 5.55. The molecule has 128 valence electrons. The second-order valence-corrected chi connectivity index (χ2v) is 6.94. The quantitative estimate of drug-likeness (QED) is 0.879. The van der Waals surface area contributed by atoms with Crippen LogP contribution in [0.2, 0.25) is 0 Å². The van der Waals surface area contributed by atoms with Crippen molar-refractivity contribution in [2.45, 2.75) is 25.3 Å². The van der Waals surface area contributed by atoms with Gasteiger partial charge in [-0.25, -0.2) is 4.39 Å². The van der Waals surface area contributed by atoms with Crippen molar-refractivity contribution in [2.75, 3.05) is 30.4 Å². The number of nitriles is 1. The molecular formula is C20H21FN4. The molecule has 4 nitrogen and oxygen atoms in total. The molecule has 0 bridgehead atoms. The van der Waals surface area contributed by atoms with Crippen LogP contribution in [0.1, 0.15) is 29.0 Å². The predicted molar refractivity (Wildman–Crippen MR) is 98.0 cm³/mol. The lowest BCUT2D eigenvalue weighted by Gasteiger charge is -2.31. The van der Waals surface area contributed by atoms with Crippen LogP contribution in [0.25, 0.3) is 0 Å². The number of fused-ring (bicyclic) bond motifs is 3. The molecular weight excluding hydrogens is 315 g/mol. The molecule has 25 heavy (non-hydrogen) atoms. The highest BCUT2D eigenvalue weighted by molar-refractivity contribution is 5.76. The van der Waals surface area contributed by atoms with E-state index in [-0.39, 0.29) is 5.82 Å². The van der Waals surface area contributed by atoms with Gasteiger partial charge in [0.2, 0.25) is 0 Å². The normalized spacial score (nSPS) is 21.4. The summed E-state index contributed by atoms with van der Waals surface area (Å²) in [7, 11) is 2.09. The fourth-order valence-corrected chi connectivity index (χ4v) is 4.20. The third-order valence-electron chi connectivity index (χ3n) is 5.42. The van der Waals surface area contributed by atoms with Crippen LogP contribution in [-0.2, 0) is 0 Å². The lowest BCUT2D eigenvalue weighted by atomic mass is 9.89. The highest BCUT2D eigenvalue weighted by Crippen LogP contribution is 2.45. The van der Waals surface area contributed by atoms with Crippen LogP contribution in [0, 0.1) is 24.1 Å². The summed E-state index contributed by atoms with van der Waals surface area (Å²) in [5.74, 6) is 0.157. The number of halogens is 1. The van der Waals surface area contributed by atoms with E-state index >= 15 is 0 Å². The number of nitrogens with one attached hydrogen (secondary N) is 2. The molecule has 1 fully saturated rings. The van der Waals surface area contributed by atoms with E-state index in [0.717, 1.165) is 42.1 Å². The highest BCUT2D eigenvalue weighted by atomic mass is 19.1. The Morgan fingerprint density at radius 1 is 1.32 bits per heavy atom. The second-order valence-electron chi connectivity index (χ2n) is 6.94. The van der Waals surface area contributed by atoms with Crippen LogP contribution in [0.4, 0.5) is 21.5 Å². The van der Waals surface area contributed by atoms with Crippen LogP contribution in [0.3, 0.4) is 0 Å². The van der Waals surface area contributed by atoms with Crippen molar-refractivity contribution in [3.63, 3.8) is 0 Å². The average Bonchev–Trinajstić information content (AvgIpc) is 2.90. The fourth-order valence-electron chi connectivity index (χ4n) is 4.20. The van der Waals surface area contributed by atoms with Gasteiger partial charge in [0.1, 0.15) is 11.9 Å². The summed E-state index contributed by atoms with van der Waals surface area (Å²) in [6, 6.07) is 11.5. The molecule has 5 heteroatoms. The van der Waals surface area contributed by atoms with Crippen molar-refractivity contribution >= 4 is 17.1 Å². The standard InChI is InChI=1S/C20H21FN4/c1-12-7-14(21)3-4-18(12)24-15-8-13(10-22)20-16(9-15)17-11-23-6-5-19(17)25(20)2/h3-4,7-9,17,19,23-24H,5-6,11H2,1-2H3/t17-,19-/m0/s1. The van der Waals surface area contributed by atoms with Crippen LogP contribution in [-0.4, -0.2) is 26.2 Å². The maximum atomic E-state index is 13.3. The molecule has 0 aromatic heterocycles. The molecule has 4 rings (SSSR count). The second kappa shape index (κ2) is 6.05. The van der Waals surface area contributed by atoms with E-state index in [1.54, 1.807) is 6.07 Å². The number of hydrogen-bond acceptors (Lipinski definition) is 4. The molecule has 2 aliphatic heterocycles. The molecule has 2 aliphatic rings. The van der Waals surface area contributed by atoms with Gasteiger partial charge in [0, 0.05) is 36.9 Å². The van der Waals surface area contributed by atoms with E-state index in [0.29, 0.717) is 17.5 Å². The van der Waals surface area contributed by atoms with Gasteiger partial charge in [-0.05, 0) is 61.3 Å². The van der Waals surface area contributed by atoms with E-state index in [1.807, 2.05) is 13.0 Å². The molecule has 2 N–H and O–H groups in total. The first-order valence-corrected chi connectivity index (χ1v) is 8.63. The number of benzene rings is 2. The molecule has 0 saturated carbocycles. The third-order valence-corrected chi connectivity index (χ3v) is 5.42. The number of rotatable bonds is 2. The number of anilines is 3. The number of piperidine rings is 1. The SMILES string of the molecule is Cc1cc(F)ccc1Nc1cc(C#N)c2c(c1)[C@@H]1CNCC[C@@H]1N2C. The maximum absolute atomic E-state index is 13.3. The average molecular weight is 336 g/mol. The minimum atomic E-state index is -0.243. The minimum absolute atomic E-state index is 0.243. The van der Waals surface area contributed by atoms with E-state index in [4.69, 9.17) is 0 Å². The Hall–Kier alpha value is -2.58. The Bertz CT molecular complexity index is 871. The van der Waals surface area contributed by atoms with Gasteiger partial charge in [0.05, 0.1) is 11.3 Å². The van der Waals surface area contributed by atoms with Gasteiger partial charge in [-0.15, -0.1) is 0 Å². The van der Waals surface area contributed by atoms with Crippen molar-refractivity contribution in [1.82, 2.24) is 5.32 Å². The molecule has 0 spiro atoms. The highest BCUT2D eigenvalue weighted by Gasteiger charge is 2.39. The Kier molecular flexibility index (Phi) is 3.85. The third kappa shape index (κ3) is 2.63. The molecule has 1 saturated heterocycles. The topological polar surface area (TPSA) is 51.1 Å². The van der Waals surface area contributed by atoms with Gasteiger partial charge in [0.25, 0.3) is 0 Å². The van der Waals surface area contributed by atoms with Gasteiger partial charge in [-0.2, -0.15) is 5.26 Å². The number of likely N-dealkylation sites (N-methyl/N-ethyl adjacent to an activating group) is 1. The first-order valence-electron chi connectivity index (χ1n) is 8.63. The van der Waals surface area contributed by atoms with Gasteiger partial charge in [-0.3, -0.25) is 0 Å². The predicted octanol–water partition coefficient (Wildman–Crippen LogP) is 3.64. The van der Waals surface area contributed by atoms with Gasteiger partial charge in [-0.1, -0.05) is 0 Å². The maximum Gasteiger partial charge on any atom is 0.123 e. The van der Waals surface area contributed by atoms with E-state index in [9.17, 15) is 9.65 Å². The van der Waals surface area contributed by atoms with E-state index in [2.05, 4.69) is 34.7 Å². The lowest BCUT2D eigenvalue weighted by molar-refractivity contribution is 0.413. The Labute approximate surface area is 147 Å². The summed E-state index contributed by atoms with van der Waals surface area (Å²) in [4.78, 5) is 2.27. The number of aryl methyl sites for hydroxylation is 1. The smallest absolute Gasteiger partial charge is 0.123 e. The Morgan fingerprint density at radius 2 is 2.16 bits per heavy atom. The first kappa shape index (κ1) is 15.9. The minimum Gasteiger partial charge on any atom is -0.370 e. The molecule has 2 aromatic carbocycles. The molecule has 2 aromatic rings. The van der Waals surface area contributed by atoms with Crippen LogP contribution in [0.15, 0.2) is 30.3 Å². The molecule has 0 amide bonds. The van der Waals surface area contributed by atoms with Crippen molar-refractivity contribution in [2.24, 2.45) is 0 Å². The summed E-state index contributed by atoms with van der Waals surface area (Å²) in [6.07, 6.45) is 1.08. The Morgan fingerprint density at radius 3 is 2.92 bits per heavy atom. The zero-order valence-electron chi connectivity index (χ0n) is 14.4. The number of nitrogens with zero attached hydrogens (tertiary/aromatic N) is 2. The fraction of sp³-hybridized carbons (Fsp3) is 0.350. The number of hydrogen-bond donors (Lipinski definition) is 2. The van der Waals surface area contributed by atoms with E-state index in [1.165, 1.54) is 17.7 Å². The van der Waals surface area contributed by atoms with Gasteiger partial charge in [0.15, 0.2) is 0 Å². The molecule has 0 unspecified atom stereocenters. The van der Waals surface area contributed by atoms with Gasteiger partial charge < -0.3 is 15.5 Å². The van der Waals surface area contributed by atoms with Crippen molar-refractivity contribution in [1.29, 1.82) is 5.26 Å². The largest absolute Gasteiger partial charge is 0.370 e. The van der Waals surface area contributed by atoms with Crippen molar-refractivity contribution < 1.29 is 4.39 Å². The Balaban J connectivity index is 1.75. The molecule has 0 radical (unpaired) electrons. The zero-order chi connectivity index (χ0) is 17.6. The lowest BCUT2D eigenvalue weighted by Crippen LogP contribution is -2.42. The van der Waals surface area contributed by atoms with Crippen LogP contribution < -0.4 is 15.5 Å². The van der Waals surface area contributed by atoms with Crippen LogP contribution in [0.5, 0.6) is 0 Å². The summed E-state index contributed by atoms with van der Waals surface area (Å²) in [5, 5.41) is 16.5. The van der Waals surface area contributed by atoms with Crippen molar-refractivity contribution in [3.8, 4) is 6.07 Å².